The van der Waals surface area contributed by atoms with Gasteiger partial charge in [-0.25, -0.2) is 0 Å². The molecule has 0 spiro atoms. The Morgan fingerprint density at radius 1 is 1.20 bits per heavy atom. The largest absolute Gasteiger partial charge is 0.480 e. The lowest BCUT2D eigenvalue weighted by molar-refractivity contribution is -0.148. The SMILES string of the molecule is CC(C)(C)N(CC(=O)O)C(=O)CCc1ccc(N)cc1. The minimum Gasteiger partial charge on any atom is -0.480 e. The van der Waals surface area contributed by atoms with Crippen LogP contribution in [0.5, 0.6) is 0 Å². The molecule has 1 aromatic rings. The average molecular weight is 278 g/mol. The van der Waals surface area contributed by atoms with Crippen molar-refractivity contribution in [2.75, 3.05) is 12.3 Å². The number of hydrogen-bond donors (Lipinski definition) is 2. The van der Waals surface area contributed by atoms with Crippen molar-refractivity contribution >= 4 is 17.6 Å². The molecule has 0 fully saturated rings. The first-order valence-electron chi connectivity index (χ1n) is 6.57. The molecule has 0 radical (unpaired) electrons. The van der Waals surface area contributed by atoms with Gasteiger partial charge in [0.25, 0.3) is 0 Å². The van der Waals surface area contributed by atoms with Gasteiger partial charge in [-0.2, -0.15) is 0 Å². The molecular formula is C15H22N2O3. The van der Waals surface area contributed by atoms with Gasteiger partial charge in [-0.3, -0.25) is 9.59 Å². The van der Waals surface area contributed by atoms with Gasteiger partial charge in [0, 0.05) is 17.6 Å². The van der Waals surface area contributed by atoms with Crippen molar-refractivity contribution in [3.8, 4) is 0 Å². The number of rotatable bonds is 5. The van der Waals surface area contributed by atoms with E-state index in [4.69, 9.17) is 10.8 Å². The van der Waals surface area contributed by atoms with E-state index >= 15 is 0 Å². The summed E-state index contributed by atoms with van der Waals surface area (Å²) in [6, 6.07) is 7.33. The molecule has 0 unspecified atom stereocenters. The number of carbonyl (C=O) groups excluding carboxylic acids is 1. The van der Waals surface area contributed by atoms with Crippen molar-refractivity contribution in [3.63, 3.8) is 0 Å². The molecule has 0 heterocycles. The molecule has 0 bridgehead atoms. The summed E-state index contributed by atoms with van der Waals surface area (Å²) in [7, 11) is 0. The second-order valence-corrected chi connectivity index (χ2v) is 5.79. The van der Waals surface area contributed by atoms with E-state index in [0.29, 0.717) is 12.1 Å². The van der Waals surface area contributed by atoms with E-state index in [0.717, 1.165) is 5.56 Å². The van der Waals surface area contributed by atoms with E-state index in [1.54, 1.807) is 12.1 Å². The van der Waals surface area contributed by atoms with Crippen LogP contribution in [-0.2, 0) is 16.0 Å². The first kappa shape index (κ1) is 16.0. The zero-order valence-corrected chi connectivity index (χ0v) is 12.2. The van der Waals surface area contributed by atoms with Crippen molar-refractivity contribution < 1.29 is 14.7 Å². The average Bonchev–Trinajstić information content (AvgIpc) is 2.33. The fraction of sp³-hybridized carbons (Fsp3) is 0.467. The van der Waals surface area contributed by atoms with Crippen LogP contribution in [0.4, 0.5) is 5.69 Å². The first-order valence-corrected chi connectivity index (χ1v) is 6.57. The smallest absolute Gasteiger partial charge is 0.323 e. The number of aliphatic carboxylic acids is 1. The van der Waals surface area contributed by atoms with Crippen molar-refractivity contribution in [2.45, 2.75) is 39.2 Å². The minimum atomic E-state index is -0.999. The molecule has 0 saturated carbocycles. The van der Waals surface area contributed by atoms with Crippen LogP contribution < -0.4 is 5.73 Å². The van der Waals surface area contributed by atoms with Crippen LogP contribution in [0.2, 0.25) is 0 Å². The normalized spacial score (nSPS) is 11.2. The molecule has 1 rings (SSSR count). The molecule has 110 valence electrons. The number of aryl methyl sites for hydroxylation is 1. The highest BCUT2D eigenvalue weighted by Gasteiger charge is 2.27. The summed E-state index contributed by atoms with van der Waals surface area (Å²) < 4.78 is 0. The zero-order chi connectivity index (χ0) is 15.3. The van der Waals surface area contributed by atoms with Gasteiger partial charge in [-0.1, -0.05) is 12.1 Å². The van der Waals surface area contributed by atoms with E-state index in [2.05, 4.69) is 0 Å². The van der Waals surface area contributed by atoms with Gasteiger partial charge in [-0.05, 0) is 44.9 Å². The summed E-state index contributed by atoms with van der Waals surface area (Å²) >= 11 is 0. The Kier molecular flexibility index (Phi) is 5.13. The Balaban J connectivity index is 2.67. The number of benzene rings is 1. The van der Waals surface area contributed by atoms with Gasteiger partial charge in [0.15, 0.2) is 0 Å². The highest BCUT2D eigenvalue weighted by molar-refractivity contribution is 5.82. The number of nitrogens with two attached hydrogens (primary N) is 1. The monoisotopic (exact) mass is 278 g/mol. The fourth-order valence-corrected chi connectivity index (χ4v) is 1.91. The molecule has 1 aromatic carbocycles. The Bertz CT molecular complexity index is 475. The topological polar surface area (TPSA) is 83.6 Å². The summed E-state index contributed by atoms with van der Waals surface area (Å²) in [4.78, 5) is 24.5. The molecule has 0 aliphatic rings. The van der Waals surface area contributed by atoms with E-state index in [1.165, 1.54) is 4.90 Å². The lowest BCUT2D eigenvalue weighted by atomic mass is 10.0. The molecule has 0 aromatic heterocycles. The highest BCUT2D eigenvalue weighted by atomic mass is 16.4. The Morgan fingerprint density at radius 3 is 2.20 bits per heavy atom. The first-order chi connectivity index (χ1) is 9.20. The predicted octanol–water partition coefficient (Wildman–Crippen LogP) is 1.91. The fourth-order valence-electron chi connectivity index (χ4n) is 1.91. The van der Waals surface area contributed by atoms with E-state index in [9.17, 15) is 9.59 Å². The number of anilines is 1. The molecule has 0 aliphatic carbocycles. The van der Waals surface area contributed by atoms with Crippen LogP contribution in [0.25, 0.3) is 0 Å². The molecule has 0 saturated heterocycles. The summed E-state index contributed by atoms with van der Waals surface area (Å²) in [5.74, 6) is -1.16. The van der Waals surface area contributed by atoms with Gasteiger partial charge in [0.2, 0.25) is 5.91 Å². The van der Waals surface area contributed by atoms with Crippen LogP contribution in [0.1, 0.15) is 32.8 Å². The number of nitrogen functional groups attached to an aromatic ring is 1. The molecule has 0 atom stereocenters. The number of carboxylic acids is 1. The summed E-state index contributed by atoms with van der Waals surface area (Å²) in [6.07, 6.45) is 0.861. The van der Waals surface area contributed by atoms with Crippen LogP contribution in [0, 0.1) is 0 Å². The van der Waals surface area contributed by atoms with E-state index in [1.807, 2.05) is 32.9 Å². The van der Waals surface area contributed by atoms with Gasteiger partial charge in [-0.15, -0.1) is 0 Å². The maximum atomic E-state index is 12.2. The van der Waals surface area contributed by atoms with Crippen LogP contribution in [0.3, 0.4) is 0 Å². The summed E-state index contributed by atoms with van der Waals surface area (Å²) in [6.45, 7) is 5.22. The molecule has 5 nitrogen and oxygen atoms in total. The number of hydrogen-bond acceptors (Lipinski definition) is 3. The molecule has 5 heteroatoms. The standard InChI is InChI=1S/C15H22N2O3/c1-15(2,3)17(10-14(19)20)13(18)9-6-11-4-7-12(16)8-5-11/h4-5,7-8H,6,9-10,16H2,1-3H3,(H,19,20). The third kappa shape index (κ3) is 4.91. The zero-order valence-electron chi connectivity index (χ0n) is 12.2. The van der Waals surface area contributed by atoms with Gasteiger partial charge < -0.3 is 15.7 Å². The van der Waals surface area contributed by atoms with E-state index in [-0.39, 0.29) is 18.9 Å². The lowest BCUT2D eigenvalue weighted by Crippen LogP contribution is -2.48. The second kappa shape index (κ2) is 6.41. The van der Waals surface area contributed by atoms with Gasteiger partial charge in [0.05, 0.1) is 0 Å². The third-order valence-electron chi connectivity index (χ3n) is 3.01. The maximum absolute atomic E-state index is 12.2. The quantitative estimate of drug-likeness (QED) is 0.806. The van der Waals surface area contributed by atoms with E-state index < -0.39 is 11.5 Å². The van der Waals surface area contributed by atoms with Crippen molar-refractivity contribution in [3.05, 3.63) is 29.8 Å². The predicted molar refractivity (Wildman–Crippen MR) is 78.3 cm³/mol. The van der Waals surface area contributed by atoms with Gasteiger partial charge >= 0.3 is 5.97 Å². The number of carboxylic acid groups (broad SMARTS) is 1. The molecule has 1 amide bonds. The Morgan fingerprint density at radius 2 is 1.75 bits per heavy atom. The third-order valence-corrected chi connectivity index (χ3v) is 3.01. The highest BCUT2D eigenvalue weighted by Crippen LogP contribution is 2.16. The number of amides is 1. The Hall–Kier alpha value is -2.04. The van der Waals surface area contributed by atoms with Crippen molar-refractivity contribution in [1.29, 1.82) is 0 Å². The summed E-state index contributed by atoms with van der Waals surface area (Å²) in [5.41, 5.74) is 6.79. The van der Waals surface area contributed by atoms with Crippen LogP contribution in [-0.4, -0.2) is 34.0 Å². The number of carbonyl (C=O) groups is 2. The Labute approximate surface area is 119 Å². The summed E-state index contributed by atoms with van der Waals surface area (Å²) in [5, 5.41) is 8.90. The molecule has 20 heavy (non-hydrogen) atoms. The van der Waals surface area contributed by atoms with Gasteiger partial charge in [0.1, 0.15) is 6.54 Å². The number of nitrogens with zero attached hydrogens (tertiary/aromatic N) is 1. The second-order valence-electron chi connectivity index (χ2n) is 5.79. The van der Waals surface area contributed by atoms with Crippen molar-refractivity contribution in [2.24, 2.45) is 0 Å². The molecular weight excluding hydrogens is 256 g/mol. The molecule has 3 N–H and O–H groups in total. The van der Waals surface area contributed by atoms with Crippen LogP contribution in [0.15, 0.2) is 24.3 Å². The molecule has 0 aliphatic heterocycles. The van der Waals surface area contributed by atoms with Crippen molar-refractivity contribution in [1.82, 2.24) is 4.90 Å². The minimum absolute atomic E-state index is 0.156. The van der Waals surface area contributed by atoms with Crippen LogP contribution >= 0.6 is 0 Å². The lowest BCUT2D eigenvalue weighted by Gasteiger charge is -2.34. The maximum Gasteiger partial charge on any atom is 0.323 e.